The van der Waals surface area contributed by atoms with Gasteiger partial charge >= 0.3 is 5.97 Å². The molecule has 1 N–H and O–H groups in total. The lowest BCUT2D eigenvalue weighted by Gasteiger charge is -2.26. The first-order valence-corrected chi connectivity index (χ1v) is 4.84. The van der Waals surface area contributed by atoms with Crippen LogP contribution in [0.4, 0.5) is 0 Å². The SMILES string of the molecule is CC(=O)N1CCC(C(C)(C)C(=O)O)C1. The average molecular weight is 199 g/mol. The van der Waals surface area contributed by atoms with Crippen LogP contribution < -0.4 is 0 Å². The van der Waals surface area contributed by atoms with Gasteiger partial charge in [-0.15, -0.1) is 0 Å². The van der Waals surface area contributed by atoms with Gasteiger partial charge < -0.3 is 10.0 Å². The number of hydrogen-bond acceptors (Lipinski definition) is 2. The maximum Gasteiger partial charge on any atom is 0.309 e. The third-order valence-electron chi connectivity index (χ3n) is 3.21. The van der Waals surface area contributed by atoms with Gasteiger partial charge in [0.15, 0.2) is 0 Å². The lowest BCUT2D eigenvalue weighted by atomic mass is 9.78. The number of hydrogen-bond donors (Lipinski definition) is 1. The fourth-order valence-corrected chi connectivity index (χ4v) is 1.81. The highest BCUT2D eigenvalue weighted by atomic mass is 16.4. The van der Waals surface area contributed by atoms with E-state index in [9.17, 15) is 9.59 Å². The number of nitrogens with zero attached hydrogens (tertiary/aromatic N) is 1. The molecular weight excluding hydrogens is 182 g/mol. The summed E-state index contributed by atoms with van der Waals surface area (Å²) in [5, 5.41) is 9.02. The van der Waals surface area contributed by atoms with Gasteiger partial charge in [0, 0.05) is 20.0 Å². The van der Waals surface area contributed by atoms with Crippen LogP contribution in [0.3, 0.4) is 0 Å². The normalized spacial score (nSPS) is 22.5. The number of carbonyl (C=O) groups is 2. The van der Waals surface area contributed by atoms with Crippen molar-refractivity contribution in [3.8, 4) is 0 Å². The first kappa shape index (κ1) is 11.0. The van der Waals surface area contributed by atoms with Gasteiger partial charge in [-0.2, -0.15) is 0 Å². The molecule has 0 spiro atoms. The average Bonchev–Trinajstić information content (AvgIpc) is 2.51. The summed E-state index contributed by atoms with van der Waals surface area (Å²) < 4.78 is 0. The Kier molecular flexibility index (Phi) is 2.83. The summed E-state index contributed by atoms with van der Waals surface area (Å²) in [5.41, 5.74) is -0.732. The molecule has 1 amide bonds. The summed E-state index contributed by atoms with van der Waals surface area (Å²) >= 11 is 0. The second-order valence-corrected chi connectivity index (χ2v) is 4.48. The quantitative estimate of drug-likeness (QED) is 0.720. The Hall–Kier alpha value is -1.06. The van der Waals surface area contributed by atoms with E-state index in [2.05, 4.69) is 0 Å². The Bertz CT molecular complexity index is 260. The maximum absolute atomic E-state index is 11.1. The minimum absolute atomic E-state index is 0.0358. The Morgan fingerprint density at radius 1 is 1.43 bits per heavy atom. The minimum Gasteiger partial charge on any atom is -0.481 e. The van der Waals surface area contributed by atoms with Gasteiger partial charge in [0.25, 0.3) is 0 Å². The fraction of sp³-hybridized carbons (Fsp3) is 0.800. The molecule has 0 aromatic rings. The third kappa shape index (κ3) is 1.89. The van der Waals surface area contributed by atoms with Crippen molar-refractivity contribution in [1.82, 2.24) is 4.90 Å². The number of rotatable bonds is 2. The lowest BCUT2D eigenvalue weighted by Crippen LogP contribution is -2.35. The zero-order chi connectivity index (χ0) is 10.9. The van der Waals surface area contributed by atoms with Gasteiger partial charge in [-0.05, 0) is 26.2 Å². The molecule has 1 fully saturated rings. The van der Waals surface area contributed by atoms with Crippen molar-refractivity contribution >= 4 is 11.9 Å². The van der Waals surface area contributed by atoms with Gasteiger partial charge in [0.05, 0.1) is 5.41 Å². The van der Waals surface area contributed by atoms with Crippen LogP contribution in [0.15, 0.2) is 0 Å². The van der Waals surface area contributed by atoms with Crippen LogP contribution in [0.2, 0.25) is 0 Å². The van der Waals surface area contributed by atoms with E-state index in [1.807, 2.05) is 0 Å². The van der Waals surface area contributed by atoms with Gasteiger partial charge in [-0.3, -0.25) is 9.59 Å². The number of aliphatic carboxylic acids is 1. The first-order chi connectivity index (χ1) is 6.35. The number of carboxylic acids is 1. The van der Waals surface area contributed by atoms with Crippen molar-refractivity contribution in [3.05, 3.63) is 0 Å². The molecule has 14 heavy (non-hydrogen) atoms. The van der Waals surface area contributed by atoms with Crippen LogP contribution in [0, 0.1) is 11.3 Å². The van der Waals surface area contributed by atoms with Gasteiger partial charge in [0.2, 0.25) is 5.91 Å². The minimum atomic E-state index is -0.784. The van der Waals surface area contributed by atoms with Crippen molar-refractivity contribution < 1.29 is 14.7 Å². The fourth-order valence-electron chi connectivity index (χ4n) is 1.81. The summed E-state index contributed by atoms with van der Waals surface area (Å²) in [6.07, 6.45) is 0.791. The molecule has 1 aliphatic rings. The van der Waals surface area contributed by atoms with Crippen molar-refractivity contribution in [2.75, 3.05) is 13.1 Å². The van der Waals surface area contributed by atoms with Gasteiger partial charge in [-0.1, -0.05) is 0 Å². The predicted octanol–water partition coefficient (Wildman–Crippen LogP) is 0.966. The van der Waals surface area contributed by atoms with Crippen LogP contribution in [0.1, 0.15) is 27.2 Å². The molecular formula is C10H17NO3. The largest absolute Gasteiger partial charge is 0.481 e. The predicted molar refractivity (Wildman–Crippen MR) is 51.8 cm³/mol. The molecule has 1 atom stereocenters. The summed E-state index contributed by atoms with van der Waals surface area (Å²) in [4.78, 5) is 23.8. The monoisotopic (exact) mass is 199 g/mol. The highest BCUT2D eigenvalue weighted by molar-refractivity contribution is 5.76. The first-order valence-electron chi connectivity index (χ1n) is 4.84. The van der Waals surface area contributed by atoms with Crippen molar-refractivity contribution in [3.63, 3.8) is 0 Å². The van der Waals surface area contributed by atoms with Crippen LogP contribution in [-0.2, 0) is 9.59 Å². The molecule has 0 aromatic heterocycles. The molecule has 1 rings (SSSR count). The Morgan fingerprint density at radius 2 is 2.00 bits per heavy atom. The Balaban J connectivity index is 2.66. The second-order valence-electron chi connectivity index (χ2n) is 4.48. The summed E-state index contributed by atoms with van der Waals surface area (Å²) in [6, 6.07) is 0. The van der Waals surface area contributed by atoms with Crippen LogP contribution >= 0.6 is 0 Å². The molecule has 1 unspecified atom stereocenters. The van der Waals surface area contributed by atoms with Crippen LogP contribution in [-0.4, -0.2) is 35.0 Å². The zero-order valence-corrected chi connectivity index (χ0v) is 8.91. The van der Waals surface area contributed by atoms with Gasteiger partial charge in [0.1, 0.15) is 0 Å². The van der Waals surface area contributed by atoms with E-state index in [1.165, 1.54) is 6.92 Å². The molecule has 0 aromatic carbocycles. The number of amides is 1. The topological polar surface area (TPSA) is 57.6 Å². The van der Waals surface area contributed by atoms with Gasteiger partial charge in [-0.25, -0.2) is 0 Å². The van der Waals surface area contributed by atoms with E-state index < -0.39 is 11.4 Å². The summed E-state index contributed by atoms with van der Waals surface area (Å²) in [6.45, 7) is 6.24. The third-order valence-corrected chi connectivity index (χ3v) is 3.21. The Labute approximate surface area is 83.9 Å². The molecule has 0 bridgehead atoms. The highest BCUT2D eigenvalue weighted by Gasteiger charge is 2.41. The molecule has 1 aliphatic heterocycles. The molecule has 0 aliphatic carbocycles. The highest BCUT2D eigenvalue weighted by Crippen LogP contribution is 2.34. The van der Waals surface area contributed by atoms with Crippen LogP contribution in [0.5, 0.6) is 0 Å². The lowest BCUT2D eigenvalue weighted by molar-refractivity contribution is -0.150. The van der Waals surface area contributed by atoms with Crippen LogP contribution in [0.25, 0.3) is 0 Å². The second kappa shape index (κ2) is 3.59. The van der Waals surface area contributed by atoms with E-state index in [-0.39, 0.29) is 11.8 Å². The summed E-state index contributed by atoms with van der Waals surface area (Å²) in [7, 11) is 0. The smallest absolute Gasteiger partial charge is 0.309 e. The number of carbonyl (C=O) groups excluding carboxylic acids is 1. The van der Waals surface area contributed by atoms with E-state index in [4.69, 9.17) is 5.11 Å². The number of carboxylic acid groups (broad SMARTS) is 1. The maximum atomic E-state index is 11.1. The van der Waals surface area contributed by atoms with Crippen molar-refractivity contribution in [2.45, 2.75) is 27.2 Å². The molecule has 1 heterocycles. The van der Waals surface area contributed by atoms with Crippen molar-refractivity contribution in [2.24, 2.45) is 11.3 Å². The zero-order valence-electron chi connectivity index (χ0n) is 8.91. The van der Waals surface area contributed by atoms with E-state index >= 15 is 0 Å². The molecule has 80 valence electrons. The molecule has 4 heteroatoms. The Morgan fingerprint density at radius 3 is 2.36 bits per heavy atom. The molecule has 0 saturated carbocycles. The molecule has 4 nitrogen and oxygen atoms in total. The summed E-state index contributed by atoms with van der Waals surface area (Å²) in [5.74, 6) is -0.675. The van der Waals surface area contributed by atoms with E-state index in [0.29, 0.717) is 13.1 Å². The molecule has 0 radical (unpaired) electrons. The standard InChI is InChI=1S/C10H17NO3/c1-7(12)11-5-4-8(6-11)10(2,3)9(13)14/h8H,4-6H2,1-3H3,(H,13,14). The van der Waals surface area contributed by atoms with E-state index in [0.717, 1.165) is 6.42 Å². The molecule has 1 saturated heterocycles. The van der Waals surface area contributed by atoms with E-state index in [1.54, 1.807) is 18.7 Å². The van der Waals surface area contributed by atoms with Crippen molar-refractivity contribution in [1.29, 1.82) is 0 Å². The number of likely N-dealkylation sites (tertiary alicyclic amines) is 1.